The van der Waals surface area contributed by atoms with Crippen LogP contribution in [0, 0.1) is 5.92 Å². The Balaban J connectivity index is 1.97. The van der Waals surface area contributed by atoms with Gasteiger partial charge in [-0.2, -0.15) is 0 Å². The Kier molecular flexibility index (Phi) is 4.08. The summed E-state index contributed by atoms with van der Waals surface area (Å²) in [5.41, 5.74) is 6.66. The fourth-order valence-electron chi connectivity index (χ4n) is 2.23. The first-order chi connectivity index (χ1) is 7.79. The SMILES string of the molecule is NCc1cc(Cl)ccc1OCC1CCCC1. The molecule has 0 amide bonds. The Morgan fingerprint density at radius 3 is 2.75 bits per heavy atom. The number of hydrogen-bond donors (Lipinski definition) is 1. The summed E-state index contributed by atoms with van der Waals surface area (Å²) >= 11 is 5.91. The first kappa shape index (κ1) is 11.7. The van der Waals surface area contributed by atoms with Crippen LogP contribution in [0.1, 0.15) is 31.2 Å². The van der Waals surface area contributed by atoms with Crippen molar-refractivity contribution in [2.45, 2.75) is 32.2 Å². The van der Waals surface area contributed by atoms with Crippen LogP contribution in [-0.4, -0.2) is 6.61 Å². The molecule has 0 radical (unpaired) electrons. The molecule has 0 aromatic heterocycles. The Hall–Kier alpha value is -0.730. The van der Waals surface area contributed by atoms with Crippen molar-refractivity contribution in [3.8, 4) is 5.75 Å². The van der Waals surface area contributed by atoms with Gasteiger partial charge >= 0.3 is 0 Å². The van der Waals surface area contributed by atoms with Gasteiger partial charge in [0.1, 0.15) is 5.75 Å². The van der Waals surface area contributed by atoms with Crippen LogP contribution in [0.25, 0.3) is 0 Å². The highest BCUT2D eigenvalue weighted by Gasteiger charge is 2.16. The summed E-state index contributed by atoms with van der Waals surface area (Å²) in [5, 5.41) is 0.716. The monoisotopic (exact) mass is 239 g/mol. The van der Waals surface area contributed by atoms with Gasteiger partial charge in [-0.3, -0.25) is 0 Å². The van der Waals surface area contributed by atoms with Crippen LogP contribution in [0.2, 0.25) is 5.02 Å². The summed E-state index contributed by atoms with van der Waals surface area (Å²) in [6.45, 7) is 1.29. The van der Waals surface area contributed by atoms with Crippen molar-refractivity contribution in [2.24, 2.45) is 11.7 Å². The molecule has 1 aromatic rings. The molecule has 1 fully saturated rings. The topological polar surface area (TPSA) is 35.2 Å². The Morgan fingerprint density at radius 1 is 1.31 bits per heavy atom. The van der Waals surface area contributed by atoms with Crippen molar-refractivity contribution in [1.29, 1.82) is 0 Å². The number of nitrogens with two attached hydrogens (primary N) is 1. The minimum atomic E-state index is 0.473. The van der Waals surface area contributed by atoms with Gasteiger partial charge in [-0.15, -0.1) is 0 Å². The summed E-state index contributed by atoms with van der Waals surface area (Å²) < 4.78 is 5.83. The van der Waals surface area contributed by atoms with Gasteiger partial charge in [0.05, 0.1) is 6.61 Å². The molecule has 2 N–H and O–H groups in total. The van der Waals surface area contributed by atoms with Crippen LogP contribution in [0.15, 0.2) is 18.2 Å². The second kappa shape index (κ2) is 5.55. The summed E-state index contributed by atoms with van der Waals surface area (Å²) in [6, 6.07) is 5.65. The zero-order valence-electron chi connectivity index (χ0n) is 9.42. The Bertz CT molecular complexity index is 348. The van der Waals surface area contributed by atoms with Gasteiger partial charge in [0.2, 0.25) is 0 Å². The van der Waals surface area contributed by atoms with Crippen molar-refractivity contribution in [3.63, 3.8) is 0 Å². The smallest absolute Gasteiger partial charge is 0.123 e. The highest BCUT2D eigenvalue weighted by molar-refractivity contribution is 6.30. The summed E-state index contributed by atoms with van der Waals surface area (Å²) in [6.07, 6.45) is 5.29. The van der Waals surface area contributed by atoms with E-state index in [9.17, 15) is 0 Å². The molecule has 1 aromatic carbocycles. The van der Waals surface area contributed by atoms with E-state index in [-0.39, 0.29) is 0 Å². The average Bonchev–Trinajstić information content (AvgIpc) is 2.80. The zero-order chi connectivity index (χ0) is 11.4. The molecule has 2 nitrogen and oxygen atoms in total. The zero-order valence-corrected chi connectivity index (χ0v) is 10.2. The van der Waals surface area contributed by atoms with Gasteiger partial charge in [-0.05, 0) is 37.0 Å². The largest absolute Gasteiger partial charge is 0.493 e. The van der Waals surface area contributed by atoms with Gasteiger partial charge in [-0.25, -0.2) is 0 Å². The highest BCUT2D eigenvalue weighted by atomic mass is 35.5. The quantitative estimate of drug-likeness (QED) is 0.875. The normalized spacial score (nSPS) is 16.6. The molecule has 0 heterocycles. The fraction of sp³-hybridized carbons (Fsp3) is 0.538. The number of ether oxygens (including phenoxy) is 1. The highest BCUT2D eigenvalue weighted by Crippen LogP contribution is 2.27. The maximum atomic E-state index is 5.91. The van der Waals surface area contributed by atoms with Crippen molar-refractivity contribution in [2.75, 3.05) is 6.61 Å². The Morgan fingerprint density at radius 2 is 2.06 bits per heavy atom. The van der Waals surface area contributed by atoms with Gasteiger partial charge in [0.25, 0.3) is 0 Å². The number of hydrogen-bond acceptors (Lipinski definition) is 2. The lowest BCUT2D eigenvalue weighted by Crippen LogP contribution is -2.10. The molecule has 3 heteroatoms. The third-order valence-corrected chi connectivity index (χ3v) is 3.43. The average molecular weight is 240 g/mol. The van der Waals surface area contributed by atoms with Crippen molar-refractivity contribution >= 4 is 11.6 Å². The molecule has 0 aliphatic heterocycles. The first-order valence-electron chi connectivity index (χ1n) is 5.91. The molecular formula is C13H18ClNO. The van der Waals surface area contributed by atoms with E-state index in [1.807, 2.05) is 18.2 Å². The van der Waals surface area contributed by atoms with Crippen LogP contribution in [0.5, 0.6) is 5.75 Å². The maximum absolute atomic E-state index is 5.91. The minimum absolute atomic E-state index is 0.473. The molecule has 88 valence electrons. The van der Waals surface area contributed by atoms with E-state index in [1.165, 1.54) is 25.7 Å². The lowest BCUT2D eigenvalue weighted by molar-refractivity contribution is 0.250. The van der Waals surface area contributed by atoms with E-state index in [4.69, 9.17) is 22.1 Å². The molecule has 1 aliphatic carbocycles. The van der Waals surface area contributed by atoms with Crippen LogP contribution in [-0.2, 0) is 6.54 Å². The molecule has 0 spiro atoms. The fourth-order valence-corrected chi connectivity index (χ4v) is 2.43. The number of rotatable bonds is 4. The molecule has 1 saturated carbocycles. The van der Waals surface area contributed by atoms with Crippen LogP contribution in [0.3, 0.4) is 0 Å². The van der Waals surface area contributed by atoms with Crippen LogP contribution in [0.4, 0.5) is 0 Å². The van der Waals surface area contributed by atoms with E-state index >= 15 is 0 Å². The molecule has 0 bridgehead atoms. The van der Waals surface area contributed by atoms with E-state index in [2.05, 4.69) is 0 Å². The van der Waals surface area contributed by atoms with Crippen molar-refractivity contribution in [3.05, 3.63) is 28.8 Å². The first-order valence-corrected chi connectivity index (χ1v) is 6.28. The van der Waals surface area contributed by atoms with Crippen molar-refractivity contribution < 1.29 is 4.74 Å². The molecule has 0 saturated heterocycles. The van der Waals surface area contributed by atoms with E-state index in [0.717, 1.165) is 23.8 Å². The van der Waals surface area contributed by atoms with E-state index in [0.29, 0.717) is 11.6 Å². The third kappa shape index (κ3) is 2.89. The van der Waals surface area contributed by atoms with E-state index in [1.54, 1.807) is 0 Å². The maximum Gasteiger partial charge on any atom is 0.123 e. The van der Waals surface area contributed by atoms with Crippen LogP contribution < -0.4 is 10.5 Å². The van der Waals surface area contributed by atoms with Gasteiger partial charge in [0.15, 0.2) is 0 Å². The second-order valence-electron chi connectivity index (χ2n) is 4.42. The summed E-state index contributed by atoms with van der Waals surface area (Å²) in [7, 11) is 0. The second-order valence-corrected chi connectivity index (χ2v) is 4.85. The Labute approximate surface area is 102 Å². The van der Waals surface area contributed by atoms with Gasteiger partial charge < -0.3 is 10.5 Å². The molecular weight excluding hydrogens is 222 g/mol. The number of benzene rings is 1. The van der Waals surface area contributed by atoms with Gasteiger partial charge in [0, 0.05) is 17.1 Å². The lowest BCUT2D eigenvalue weighted by atomic mass is 10.1. The van der Waals surface area contributed by atoms with Crippen molar-refractivity contribution in [1.82, 2.24) is 0 Å². The summed E-state index contributed by atoms with van der Waals surface area (Å²) in [5.74, 6) is 1.61. The molecule has 0 atom stereocenters. The van der Waals surface area contributed by atoms with E-state index < -0.39 is 0 Å². The predicted molar refractivity (Wildman–Crippen MR) is 66.8 cm³/mol. The minimum Gasteiger partial charge on any atom is -0.493 e. The molecule has 0 unspecified atom stereocenters. The van der Waals surface area contributed by atoms with Crippen LogP contribution >= 0.6 is 11.6 Å². The third-order valence-electron chi connectivity index (χ3n) is 3.19. The van der Waals surface area contributed by atoms with Gasteiger partial charge in [-0.1, -0.05) is 24.4 Å². The predicted octanol–water partition coefficient (Wildman–Crippen LogP) is 3.37. The summed E-state index contributed by atoms with van der Waals surface area (Å²) in [4.78, 5) is 0. The number of halogens is 1. The lowest BCUT2D eigenvalue weighted by Gasteiger charge is -2.14. The molecule has 1 aliphatic rings. The molecule has 16 heavy (non-hydrogen) atoms. The molecule has 2 rings (SSSR count). The standard InChI is InChI=1S/C13H18ClNO/c14-12-5-6-13(11(7-12)8-15)16-9-10-3-1-2-4-10/h5-7,10H,1-4,8-9,15H2.